The van der Waals surface area contributed by atoms with E-state index < -0.39 is 5.25 Å². The van der Waals surface area contributed by atoms with Crippen molar-refractivity contribution in [1.82, 2.24) is 5.32 Å². The molecule has 1 aliphatic heterocycles. The molecule has 0 radical (unpaired) electrons. The van der Waals surface area contributed by atoms with Gasteiger partial charge in [-0.3, -0.25) is 14.6 Å². The number of benzene rings is 1. The number of hydrogen-bond donors (Lipinski definition) is 2. The van der Waals surface area contributed by atoms with Crippen molar-refractivity contribution >= 4 is 34.4 Å². The van der Waals surface area contributed by atoms with Crippen LogP contribution in [0, 0.1) is 17.8 Å². The fourth-order valence-corrected chi connectivity index (χ4v) is 7.60. The van der Waals surface area contributed by atoms with E-state index in [0.717, 1.165) is 35.0 Å². The minimum absolute atomic E-state index is 0.0427. The van der Waals surface area contributed by atoms with E-state index >= 15 is 0 Å². The number of hydrogen-bond acceptors (Lipinski definition) is 4. The SMILES string of the molecule is CCCCc1ccc(NC(=O)CC2SC(=NC34CC5CC(CC(C5)C3)C4)NC2=O)cc1. The van der Waals surface area contributed by atoms with Crippen LogP contribution in [0.25, 0.3) is 0 Å². The largest absolute Gasteiger partial charge is 0.326 e. The van der Waals surface area contributed by atoms with E-state index in [1.54, 1.807) is 0 Å². The molecule has 5 nitrogen and oxygen atoms in total. The van der Waals surface area contributed by atoms with Gasteiger partial charge in [-0.05, 0) is 86.8 Å². The topological polar surface area (TPSA) is 70.6 Å². The molecule has 2 amide bonds. The first-order valence-electron chi connectivity index (χ1n) is 12.0. The number of nitrogens with zero attached hydrogens (tertiary/aromatic N) is 1. The summed E-state index contributed by atoms with van der Waals surface area (Å²) in [5.41, 5.74) is 2.12. The summed E-state index contributed by atoms with van der Waals surface area (Å²) < 4.78 is 0. The minimum atomic E-state index is -0.392. The van der Waals surface area contributed by atoms with Crippen LogP contribution in [0.1, 0.15) is 70.3 Å². The average molecular weight is 440 g/mol. The molecule has 4 aliphatic carbocycles. The van der Waals surface area contributed by atoms with Crippen molar-refractivity contribution in [2.24, 2.45) is 22.7 Å². The Balaban J connectivity index is 1.17. The maximum atomic E-state index is 12.5. The number of amidine groups is 1. The Labute approximate surface area is 189 Å². The molecular formula is C25H33N3O2S. The van der Waals surface area contributed by atoms with Crippen molar-refractivity contribution in [3.8, 4) is 0 Å². The smallest absolute Gasteiger partial charge is 0.240 e. The highest BCUT2D eigenvalue weighted by atomic mass is 32.2. The van der Waals surface area contributed by atoms with Crippen molar-refractivity contribution in [3.63, 3.8) is 0 Å². The van der Waals surface area contributed by atoms with Gasteiger partial charge in [-0.15, -0.1) is 0 Å². The number of unbranched alkanes of at least 4 members (excludes halogenated alkanes) is 1. The van der Waals surface area contributed by atoms with Crippen LogP contribution < -0.4 is 10.6 Å². The predicted octanol–water partition coefficient (Wildman–Crippen LogP) is 4.91. The van der Waals surface area contributed by atoms with Gasteiger partial charge >= 0.3 is 0 Å². The van der Waals surface area contributed by atoms with Crippen LogP contribution in [-0.2, 0) is 16.0 Å². The molecule has 1 aromatic carbocycles. The maximum Gasteiger partial charge on any atom is 0.240 e. The van der Waals surface area contributed by atoms with Gasteiger partial charge in [-0.1, -0.05) is 37.2 Å². The number of anilines is 1. The van der Waals surface area contributed by atoms with Gasteiger partial charge in [0.2, 0.25) is 11.8 Å². The second-order valence-electron chi connectivity index (χ2n) is 10.2. The number of carbonyl (C=O) groups excluding carboxylic acids is 2. The molecule has 0 spiro atoms. The van der Waals surface area contributed by atoms with E-state index in [2.05, 4.69) is 29.7 Å². The summed E-state index contributed by atoms with van der Waals surface area (Å²) in [6.45, 7) is 2.19. The predicted molar refractivity (Wildman–Crippen MR) is 126 cm³/mol. The molecule has 4 saturated carbocycles. The van der Waals surface area contributed by atoms with Gasteiger partial charge < -0.3 is 10.6 Å². The van der Waals surface area contributed by atoms with Crippen LogP contribution in [0.2, 0.25) is 0 Å². The zero-order valence-corrected chi connectivity index (χ0v) is 19.2. The highest BCUT2D eigenvalue weighted by Crippen LogP contribution is 2.57. The number of carbonyl (C=O) groups is 2. The Morgan fingerprint density at radius 2 is 1.77 bits per heavy atom. The number of amides is 2. The monoisotopic (exact) mass is 439 g/mol. The molecule has 1 aromatic rings. The van der Waals surface area contributed by atoms with Crippen molar-refractivity contribution in [3.05, 3.63) is 29.8 Å². The van der Waals surface area contributed by atoms with E-state index in [4.69, 9.17) is 4.99 Å². The van der Waals surface area contributed by atoms with E-state index in [0.29, 0.717) is 0 Å². The van der Waals surface area contributed by atoms with Crippen LogP contribution in [0.3, 0.4) is 0 Å². The van der Waals surface area contributed by atoms with Crippen LogP contribution in [0.15, 0.2) is 29.3 Å². The normalized spacial score (nSPS) is 34.9. The molecular weight excluding hydrogens is 406 g/mol. The molecule has 6 rings (SSSR count). The number of rotatable bonds is 7. The Bertz CT molecular complexity index is 844. The van der Waals surface area contributed by atoms with Crippen LogP contribution >= 0.6 is 11.8 Å². The Morgan fingerprint density at radius 1 is 1.13 bits per heavy atom. The summed E-state index contributed by atoms with van der Waals surface area (Å²) in [5.74, 6) is 2.27. The molecule has 5 aliphatic rings. The summed E-state index contributed by atoms with van der Waals surface area (Å²) in [5, 5.41) is 6.26. The van der Waals surface area contributed by atoms with Gasteiger partial charge in [-0.2, -0.15) is 0 Å². The lowest BCUT2D eigenvalue weighted by molar-refractivity contribution is -0.122. The summed E-state index contributed by atoms with van der Waals surface area (Å²) in [6, 6.07) is 8.03. The number of aryl methyl sites for hydroxylation is 1. The molecule has 4 bridgehead atoms. The van der Waals surface area contributed by atoms with E-state index in [9.17, 15) is 9.59 Å². The van der Waals surface area contributed by atoms with Gasteiger partial charge in [0.25, 0.3) is 0 Å². The first kappa shape index (κ1) is 21.0. The quantitative estimate of drug-likeness (QED) is 0.634. The number of thioether (sulfide) groups is 1. The van der Waals surface area contributed by atoms with Gasteiger partial charge in [-0.25, -0.2) is 0 Å². The standard InChI is InChI=1S/C25H33N3O2S/c1-2-3-4-16-5-7-20(8-6-16)26-22(29)12-21-23(30)27-24(31-21)28-25-13-17-9-18(14-25)11-19(10-17)15-25/h5-8,17-19,21H,2-4,9-15H2,1H3,(H,26,29)(H,27,28,30). The highest BCUT2D eigenvalue weighted by Gasteiger charge is 2.51. The Morgan fingerprint density at radius 3 is 2.39 bits per heavy atom. The number of aliphatic imine (C=N–C) groups is 1. The molecule has 31 heavy (non-hydrogen) atoms. The lowest BCUT2D eigenvalue weighted by Gasteiger charge is -2.55. The third-order valence-electron chi connectivity index (χ3n) is 7.55. The fourth-order valence-electron chi connectivity index (χ4n) is 6.53. The zero-order valence-electron chi connectivity index (χ0n) is 18.4. The second kappa shape index (κ2) is 8.61. The summed E-state index contributed by atoms with van der Waals surface area (Å²) in [4.78, 5) is 30.2. The first-order chi connectivity index (χ1) is 15.0. The summed E-state index contributed by atoms with van der Waals surface area (Å²) in [7, 11) is 0. The molecule has 1 atom stereocenters. The fraction of sp³-hybridized carbons (Fsp3) is 0.640. The van der Waals surface area contributed by atoms with E-state index in [1.165, 1.54) is 68.7 Å². The summed E-state index contributed by atoms with van der Waals surface area (Å²) in [6.07, 6.45) is 11.3. The molecule has 1 saturated heterocycles. The maximum absolute atomic E-state index is 12.5. The van der Waals surface area contributed by atoms with Gasteiger partial charge in [0.15, 0.2) is 5.17 Å². The Kier molecular flexibility index (Phi) is 5.84. The van der Waals surface area contributed by atoms with E-state index in [-0.39, 0.29) is 23.8 Å². The molecule has 6 heteroatoms. The van der Waals surface area contributed by atoms with Crippen molar-refractivity contribution in [2.45, 2.75) is 81.9 Å². The average Bonchev–Trinajstić information content (AvgIpc) is 3.04. The van der Waals surface area contributed by atoms with E-state index in [1.807, 2.05) is 12.1 Å². The molecule has 1 heterocycles. The summed E-state index contributed by atoms with van der Waals surface area (Å²) >= 11 is 1.45. The lowest BCUT2D eigenvalue weighted by atomic mass is 9.53. The van der Waals surface area contributed by atoms with Crippen LogP contribution in [0.5, 0.6) is 0 Å². The first-order valence-corrected chi connectivity index (χ1v) is 12.8. The van der Waals surface area contributed by atoms with Gasteiger partial charge in [0.05, 0.1) is 5.54 Å². The third kappa shape index (κ3) is 4.69. The van der Waals surface area contributed by atoms with Crippen LogP contribution in [-0.4, -0.2) is 27.8 Å². The number of nitrogens with one attached hydrogen (secondary N) is 2. The van der Waals surface area contributed by atoms with Crippen molar-refractivity contribution < 1.29 is 9.59 Å². The van der Waals surface area contributed by atoms with Crippen LogP contribution in [0.4, 0.5) is 5.69 Å². The Hall–Kier alpha value is -1.82. The second-order valence-corrected chi connectivity index (χ2v) is 11.4. The molecule has 5 fully saturated rings. The van der Waals surface area contributed by atoms with Gasteiger partial charge in [0.1, 0.15) is 5.25 Å². The lowest BCUT2D eigenvalue weighted by Crippen LogP contribution is -2.50. The minimum Gasteiger partial charge on any atom is -0.326 e. The molecule has 166 valence electrons. The third-order valence-corrected chi connectivity index (χ3v) is 8.63. The van der Waals surface area contributed by atoms with Crippen molar-refractivity contribution in [2.75, 3.05) is 5.32 Å². The van der Waals surface area contributed by atoms with Crippen molar-refractivity contribution in [1.29, 1.82) is 0 Å². The molecule has 2 N–H and O–H groups in total. The zero-order chi connectivity index (χ0) is 21.4. The molecule has 0 aromatic heterocycles. The highest BCUT2D eigenvalue weighted by molar-refractivity contribution is 8.15. The molecule has 1 unspecified atom stereocenters. The van der Waals surface area contributed by atoms with Gasteiger partial charge in [0, 0.05) is 12.1 Å².